The highest BCUT2D eigenvalue weighted by Crippen LogP contribution is 2.26. The van der Waals surface area contributed by atoms with Crippen molar-refractivity contribution in [2.45, 2.75) is 32.2 Å². The number of carbonyl (C=O) groups excluding carboxylic acids is 1. The number of nitriles is 1. The largest absolute Gasteiger partial charge is 0.497 e. The topological polar surface area (TPSA) is 123 Å². The minimum atomic E-state index is -0.902. The lowest BCUT2D eigenvalue weighted by atomic mass is 9.94. The number of nitrogens with two attached hydrogens (primary N) is 1. The van der Waals surface area contributed by atoms with Crippen molar-refractivity contribution in [2.75, 3.05) is 25.9 Å². The summed E-state index contributed by atoms with van der Waals surface area (Å²) in [5, 5.41) is 9.53. The van der Waals surface area contributed by atoms with Crippen LogP contribution in [0.5, 0.6) is 5.75 Å². The summed E-state index contributed by atoms with van der Waals surface area (Å²) < 4.78 is 21.1. The maximum Gasteiger partial charge on any atom is 0.312 e. The van der Waals surface area contributed by atoms with E-state index in [2.05, 4.69) is 21.0 Å². The Kier molecular flexibility index (Phi) is 6.16. The summed E-state index contributed by atoms with van der Waals surface area (Å²) >= 11 is 0. The van der Waals surface area contributed by atoms with Gasteiger partial charge in [0, 0.05) is 26.1 Å². The Morgan fingerprint density at radius 2 is 2.09 bits per heavy atom. The summed E-state index contributed by atoms with van der Waals surface area (Å²) in [4.78, 5) is 24.9. The van der Waals surface area contributed by atoms with E-state index in [4.69, 9.17) is 10.5 Å². The molecule has 1 saturated heterocycles. The van der Waals surface area contributed by atoms with Crippen LogP contribution in [0.2, 0.25) is 0 Å². The van der Waals surface area contributed by atoms with Gasteiger partial charge in [0.1, 0.15) is 11.6 Å². The minimum absolute atomic E-state index is 0.0158. The number of nitrogen functional groups attached to an aromatic ring is 1. The predicted molar refractivity (Wildman–Crippen MR) is 115 cm³/mol. The Bertz CT molecular complexity index is 1180. The van der Waals surface area contributed by atoms with Crippen LogP contribution < -0.4 is 10.5 Å². The third-order valence-electron chi connectivity index (χ3n) is 6.01. The van der Waals surface area contributed by atoms with Gasteiger partial charge in [-0.3, -0.25) is 4.79 Å². The van der Waals surface area contributed by atoms with Crippen LogP contribution in [-0.2, 0) is 17.8 Å². The van der Waals surface area contributed by atoms with Gasteiger partial charge in [-0.15, -0.1) is 0 Å². The number of hydrogen-bond donors (Lipinski definition) is 1. The van der Waals surface area contributed by atoms with Crippen molar-refractivity contribution in [3.05, 3.63) is 41.2 Å². The van der Waals surface area contributed by atoms with Crippen molar-refractivity contribution in [3.63, 3.8) is 0 Å². The number of aromatic nitrogens is 4. The van der Waals surface area contributed by atoms with E-state index in [1.807, 2.05) is 4.57 Å². The van der Waals surface area contributed by atoms with Gasteiger partial charge in [0.25, 0.3) is 0 Å². The molecular formula is C22H24FN7O2. The number of nitrogens with zero attached hydrogens (tertiary/aromatic N) is 6. The van der Waals surface area contributed by atoms with Gasteiger partial charge in [-0.2, -0.15) is 19.6 Å². The molecule has 9 nitrogen and oxygen atoms in total. The summed E-state index contributed by atoms with van der Waals surface area (Å²) in [5.41, 5.74) is 7.87. The molecule has 10 heteroatoms. The first-order valence-electron chi connectivity index (χ1n) is 10.5. The fourth-order valence-electron chi connectivity index (χ4n) is 4.19. The molecule has 0 bridgehead atoms. The van der Waals surface area contributed by atoms with Crippen molar-refractivity contribution in [1.29, 1.82) is 5.26 Å². The molecule has 1 aromatic carbocycles. The van der Waals surface area contributed by atoms with E-state index in [1.54, 1.807) is 30.2 Å². The summed E-state index contributed by atoms with van der Waals surface area (Å²) in [6, 6.07) is 7.43. The molecule has 0 atom stereocenters. The number of amides is 1. The van der Waals surface area contributed by atoms with E-state index in [0.29, 0.717) is 47.2 Å². The second-order valence-electron chi connectivity index (χ2n) is 7.91. The summed E-state index contributed by atoms with van der Waals surface area (Å²) in [6.07, 6.45) is 2.99. The number of aryl methyl sites for hydroxylation is 1. The van der Waals surface area contributed by atoms with Crippen LogP contribution in [0.1, 0.15) is 36.2 Å². The van der Waals surface area contributed by atoms with Crippen LogP contribution in [0.3, 0.4) is 0 Å². The van der Waals surface area contributed by atoms with Crippen LogP contribution in [0.15, 0.2) is 18.2 Å². The molecule has 0 saturated carbocycles. The number of hydrogen-bond acceptors (Lipinski definition) is 7. The molecule has 3 aromatic rings. The second-order valence-corrected chi connectivity index (χ2v) is 7.91. The quantitative estimate of drug-likeness (QED) is 0.444. The average Bonchev–Trinajstić information content (AvgIpc) is 3.15. The fourth-order valence-corrected chi connectivity index (χ4v) is 4.19. The summed E-state index contributed by atoms with van der Waals surface area (Å²) in [5.74, 6) is 1.68. The van der Waals surface area contributed by atoms with E-state index in [9.17, 15) is 14.4 Å². The monoisotopic (exact) mass is 437 g/mol. The molecular weight excluding hydrogens is 413 g/mol. The van der Waals surface area contributed by atoms with E-state index in [1.165, 1.54) is 0 Å². The molecule has 1 fully saturated rings. The number of imidazole rings is 1. The van der Waals surface area contributed by atoms with Gasteiger partial charge in [-0.05, 0) is 48.9 Å². The molecule has 1 aliphatic heterocycles. The van der Waals surface area contributed by atoms with Crippen LogP contribution in [-0.4, -0.2) is 51.0 Å². The van der Waals surface area contributed by atoms with E-state index in [0.717, 1.165) is 44.3 Å². The van der Waals surface area contributed by atoms with Crippen LogP contribution in [0.25, 0.3) is 11.2 Å². The lowest BCUT2D eigenvalue weighted by Gasteiger charge is -2.29. The third kappa shape index (κ3) is 4.32. The summed E-state index contributed by atoms with van der Waals surface area (Å²) in [7, 11) is 1.56. The van der Waals surface area contributed by atoms with E-state index in [-0.39, 0.29) is 5.82 Å². The molecule has 0 radical (unpaired) electrons. The van der Waals surface area contributed by atoms with Crippen molar-refractivity contribution in [1.82, 2.24) is 24.4 Å². The van der Waals surface area contributed by atoms with E-state index < -0.39 is 6.08 Å². The van der Waals surface area contributed by atoms with Gasteiger partial charge in [-0.25, -0.2) is 4.98 Å². The van der Waals surface area contributed by atoms with Crippen molar-refractivity contribution in [2.24, 2.45) is 5.92 Å². The number of ether oxygens (including phenoxy) is 1. The highest BCUT2D eigenvalue weighted by molar-refractivity contribution is 5.82. The van der Waals surface area contributed by atoms with Gasteiger partial charge < -0.3 is 19.9 Å². The Morgan fingerprint density at radius 3 is 2.78 bits per heavy atom. The van der Waals surface area contributed by atoms with Crippen molar-refractivity contribution in [3.8, 4) is 11.8 Å². The van der Waals surface area contributed by atoms with E-state index >= 15 is 0 Å². The first-order chi connectivity index (χ1) is 15.5. The molecule has 0 aliphatic carbocycles. The maximum atomic E-state index is 14.0. The molecule has 0 spiro atoms. The number of rotatable bonds is 7. The molecule has 1 aliphatic rings. The zero-order valence-corrected chi connectivity index (χ0v) is 17.8. The Morgan fingerprint density at radius 1 is 1.31 bits per heavy atom. The Balaban J connectivity index is 1.67. The molecule has 2 aromatic heterocycles. The third-order valence-corrected chi connectivity index (χ3v) is 6.01. The van der Waals surface area contributed by atoms with Crippen LogP contribution >= 0.6 is 0 Å². The zero-order valence-electron chi connectivity index (χ0n) is 17.8. The first-order valence-corrected chi connectivity index (χ1v) is 10.5. The molecule has 2 N–H and O–H groups in total. The van der Waals surface area contributed by atoms with Crippen molar-refractivity contribution < 1.29 is 13.9 Å². The number of fused-ring (bicyclic) bond motifs is 1. The van der Waals surface area contributed by atoms with Crippen LogP contribution in [0, 0.1) is 23.3 Å². The first kappa shape index (κ1) is 21.5. The Labute approximate surface area is 184 Å². The predicted octanol–water partition coefficient (Wildman–Crippen LogP) is 2.28. The zero-order chi connectivity index (χ0) is 22.7. The average molecular weight is 437 g/mol. The summed E-state index contributed by atoms with van der Waals surface area (Å²) in [6.45, 7) is 2.05. The molecule has 4 rings (SSSR count). The Hall–Kier alpha value is -3.74. The minimum Gasteiger partial charge on any atom is -0.497 e. The molecule has 1 amide bonds. The fraction of sp³-hybridized carbons (Fsp3) is 0.409. The van der Waals surface area contributed by atoms with Gasteiger partial charge in [0.2, 0.25) is 6.41 Å². The molecule has 0 unspecified atom stereocenters. The number of anilines is 1. The second kappa shape index (κ2) is 9.18. The number of carbonyl (C=O) groups is 1. The number of benzene rings is 1. The van der Waals surface area contributed by atoms with Gasteiger partial charge in [0.05, 0.1) is 18.7 Å². The highest BCUT2D eigenvalue weighted by Gasteiger charge is 2.22. The number of piperidine rings is 1. The lowest BCUT2D eigenvalue weighted by molar-refractivity contribution is -0.119. The van der Waals surface area contributed by atoms with Crippen LogP contribution in [0.4, 0.5) is 10.2 Å². The number of likely N-dealkylation sites (tertiary alicyclic amines) is 1. The SMILES string of the molecule is COc1ccc(C#N)c(Cc2nc3c(N)nc(F)nc3n2CCC2CCN(C=O)CC2)c1. The lowest BCUT2D eigenvalue weighted by Crippen LogP contribution is -2.32. The number of methoxy groups -OCH3 is 1. The maximum absolute atomic E-state index is 14.0. The standard InChI is InChI=1S/C22H24FN7O2/c1-32-17-3-2-15(12-24)16(10-17)11-18-26-19-20(25)27-22(23)28-21(19)30(18)9-6-14-4-7-29(13-31)8-5-14/h2-3,10,13-14H,4-9,11H2,1H3,(H2,25,27,28). The van der Waals surface area contributed by atoms with Gasteiger partial charge in [-0.1, -0.05) is 0 Å². The normalized spacial score (nSPS) is 14.5. The van der Waals surface area contributed by atoms with Gasteiger partial charge in [0.15, 0.2) is 17.0 Å². The molecule has 166 valence electrons. The molecule has 3 heterocycles. The highest BCUT2D eigenvalue weighted by atomic mass is 19.1. The smallest absolute Gasteiger partial charge is 0.312 e. The number of halogens is 1. The molecule has 32 heavy (non-hydrogen) atoms. The van der Waals surface area contributed by atoms with Gasteiger partial charge >= 0.3 is 6.08 Å². The van der Waals surface area contributed by atoms with Crippen molar-refractivity contribution >= 4 is 23.4 Å².